The molecule has 0 radical (unpaired) electrons. The third-order valence-electron chi connectivity index (χ3n) is 1.84. The lowest BCUT2D eigenvalue weighted by Gasteiger charge is -2.22. The highest BCUT2D eigenvalue weighted by atomic mass is 16.5. The molecule has 0 aromatic heterocycles. The normalized spacial score (nSPS) is 22.7. The molecular formula is C8H16N2O3. The number of carbonyl (C=O) groups is 1. The second-order valence-corrected chi connectivity index (χ2v) is 2.87. The van der Waals surface area contributed by atoms with Gasteiger partial charge in [-0.2, -0.15) is 0 Å². The quantitative estimate of drug-likeness (QED) is 0.540. The maximum atomic E-state index is 11.4. The van der Waals surface area contributed by atoms with Gasteiger partial charge in [0.25, 0.3) is 0 Å². The van der Waals surface area contributed by atoms with E-state index in [-0.39, 0.29) is 11.9 Å². The van der Waals surface area contributed by atoms with E-state index >= 15 is 0 Å². The van der Waals surface area contributed by atoms with Crippen molar-refractivity contribution in [2.45, 2.75) is 6.04 Å². The number of methoxy groups -OCH3 is 1. The number of rotatable bonds is 4. The molecule has 1 atom stereocenters. The average molecular weight is 188 g/mol. The lowest BCUT2D eigenvalue weighted by atomic mass is 10.2. The fraction of sp³-hybridized carbons (Fsp3) is 0.875. The van der Waals surface area contributed by atoms with E-state index in [9.17, 15) is 4.79 Å². The van der Waals surface area contributed by atoms with E-state index in [4.69, 9.17) is 9.47 Å². The minimum Gasteiger partial charge on any atom is -0.383 e. The molecule has 0 aromatic rings. The largest absolute Gasteiger partial charge is 0.383 e. The molecule has 1 unspecified atom stereocenters. The molecule has 76 valence electrons. The summed E-state index contributed by atoms with van der Waals surface area (Å²) in [6.45, 7) is 2.97. The minimum absolute atomic E-state index is 0.0169. The van der Waals surface area contributed by atoms with Crippen molar-refractivity contribution in [3.63, 3.8) is 0 Å². The Balaban J connectivity index is 2.13. The van der Waals surface area contributed by atoms with E-state index in [1.54, 1.807) is 7.11 Å². The second-order valence-electron chi connectivity index (χ2n) is 2.87. The first-order valence-electron chi connectivity index (χ1n) is 4.42. The Morgan fingerprint density at radius 1 is 1.77 bits per heavy atom. The Morgan fingerprint density at radius 3 is 3.23 bits per heavy atom. The third-order valence-corrected chi connectivity index (χ3v) is 1.84. The van der Waals surface area contributed by atoms with Crippen molar-refractivity contribution in [3.8, 4) is 0 Å². The van der Waals surface area contributed by atoms with Crippen LogP contribution in [0, 0.1) is 0 Å². The van der Waals surface area contributed by atoms with Crippen molar-refractivity contribution in [2.75, 3.05) is 40.0 Å². The first-order valence-corrected chi connectivity index (χ1v) is 4.42. The van der Waals surface area contributed by atoms with Crippen LogP contribution in [0.25, 0.3) is 0 Å². The summed E-state index contributed by atoms with van der Waals surface area (Å²) >= 11 is 0. The molecule has 2 N–H and O–H groups in total. The van der Waals surface area contributed by atoms with Crippen LogP contribution in [-0.2, 0) is 14.3 Å². The molecule has 1 aliphatic rings. The number of carbonyl (C=O) groups excluding carboxylic acids is 1. The Morgan fingerprint density at radius 2 is 2.62 bits per heavy atom. The summed E-state index contributed by atoms with van der Waals surface area (Å²) in [5, 5.41) is 5.81. The van der Waals surface area contributed by atoms with Crippen LogP contribution in [0.3, 0.4) is 0 Å². The highest BCUT2D eigenvalue weighted by Crippen LogP contribution is 1.92. The molecule has 1 aliphatic heterocycles. The smallest absolute Gasteiger partial charge is 0.239 e. The fourth-order valence-corrected chi connectivity index (χ4v) is 1.13. The summed E-state index contributed by atoms with van der Waals surface area (Å²) in [4.78, 5) is 11.4. The zero-order valence-electron chi connectivity index (χ0n) is 7.84. The highest BCUT2D eigenvalue weighted by molar-refractivity contribution is 5.81. The van der Waals surface area contributed by atoms with Gasteiger partial charge in [-0.25, -0.2) is 0 Å². The monoisotopic (exact) mass is 188 g/mol. The topological polar surface area (TPSA) is 59.6 Å². The molecule has 0 saturated carbocycles. The molecule has 0 spiro atoms. The van der Waals surface area contributed by atoms with Crippen LogP contribution in [0.4, 0.5) is 0 Å². The van der Waals surface area contributed by atoms with E-state index in [0.29, 0.717) is 26.4 Å². The summed E-state index contributed by atoms with van der Waals surface area (Å²) in [7, 11) is 1.61. The number of ether oxygens (including phenoxy) is 2. The zero-order valence-corrected chi connectivity index (χ0v) is 7.84. The van der Waals surface area contributed by atoms with Crippen LogP contribution in [0.15, 0.2) is 0 Å². The molecule has 1 saturated heterocycles. The summed E-state index contributed by atoms with van der Waals surface area (Å²) in [6, 6.07) is -0.203. The predicted octanol–water partition coefficient (Wildman–Crippen LogP) is -1.26. The number of nitrogens with one attached hydrogen (secondary N) is 2. The second kappa shape index (κ2) is 5.90. The van der Waals surface area contributed by atoms with Gasteiger partial charge >= 0.3 is 0 Å². The predicted molar refractivity (Wildman–Crippen MR) is 47.5 cm³/mol. The Bertz CT molecular complexity index is 157. The van der Waals surface area contributed by atoms with E-state index in [2.05, 4.69) is 10.6 Å². The van der Waals surface area contributed by atoms with Crippen molar-refractivity contribution >= 4 is 5.91 Å². The van der Waals surface area contributed by atoms with Crippen molar-refractivity contribution < 1.29 is 14.3 Å². The molecule has 1 fully saturated rings. The number of morpholine rings is 1. The molecule has 1 heterocycles. The van der Waals surface area contributed by atoms with Gasteiger partial charge in [-0.1, -0.05) is 0 Å². The minimum atomic E-state index is -0.203. The lowest BCUT2D eigenvalue weighted by molar-refractivity contribution is -0.126. The Kier molecular flexibility index (Phi) is 4.74. The van der Waals surface area contributed by atoms with Crippen LogP contribution < -0.4 is 10.6 Å². The first-order chi connectivity index (χ1) is 6.34. The van der Waals surface area contributed by atoms with Gasteiger partial charge in [-0.3, -0.25) is 4.79 Å². The van der Waals surface area contributed by atoms with Crippen LogP contribution in [0.1, 0.15) is 0 Å². The maximum absolute atomic E-state index is 11.4. The van der Waals surface area contributed by atoms with Gasteiger partial charge in [0.1, 0.15) is 6.04 Å². The molecule has 13 heavy (non-hydrogen) atoms. The molecule has 5 heteroatoms. The van der Waals surface area contributed by atoms with Crippen LogP contribution in [0.2, 0.25) is 0 Å². The summed E-state index contributed by atoms with van der Waals surface area (Å²) < 4.78 is 9.97. The highest BCUT2D eigenvalue weighted by Gasteiger charge is 2.20. The molecule has 1 amide bonds. The summed E-state index contributed by atoms with van der Waals surface area (Å²) in [6.07, 6.45) is 0. The number of hydrogen-bond donors (Lipinski definition) is 2. The molecule has 5 nitrogen and oxygen atoms in total. The fourth-order valence-electron chi connectivity index (χ4n) is 1.13. The van der Waals surface area contributed by atoms with Gasteiger partial charge in [0.05, 0.1) is 19.8 Å². The number of amides is 1. The molecule has 0 aliphatic carbocycles. The SMILES string of the molecule is COCCNC(=O)C1COCCN1. The van der Waals surface area contributed by atoms with E-state index in [1.807, 2.05) is 0 Å². The van der Waals surface area contributed by atoms with Crippen LogP contribution in [0.5, 0.6) is 0 Å². The molecular weight excluding hydrogens is 172 g/mol. The van der Waals surface area contributed by atoms with Crippen molar-refractivity contribution in [3.05, 3.63) is 0 Å². The first kappa shape index (κ1) is 10.4. The molecule has 1 rings (SSSR count). The Labute approximate surface area is 77.8 Å². The van der Waals surface area contributed by atoms with Crippen molar-refractivity contribution in [1.29, 1.82) is 0 Å². The maximum Gasteiger partial charge on any atom is 0.239 e. The summed E-state index contributed by atoms with van der Waals surface area (Å²) in [5.41, 5.74) is 0. The van der Waals surface area contributed by atoms with Gasteiger partial charge in [0, 0.05) is 20.2 Å². The van der Waals surface area contributed by atoms with Gasteiger partial charge in [0.15, 0.2) is 0 Å². The van der Waals surface area contributed by atoms with Crippen molar-refractivity contribution in [2.24, 2.45) is 0 Å². The molecule has 0 aromatic carbocycles. The van der Waals surface area contributed by atoms with Crippen molar-refractivity contribution in [1.82, 2.24) is 10.6 Å². The lowest BCUT2D eigenvalue weighted by Crippen LogP contribution is -2.51. The van der Waals surface area contributed by atoms with E-state index in [0.717, 1.165) is 6.54 Å². The van der Waals surface area contributed by atoms with E-state index in [1.165, 1.54) is 0 Å². The average Bonchev–Trinajstić information content (AvgIpc) is 2.19. The third kappa shape index (κ3) is 3.71. The van der Waals surface area contributed by atoms with Gasteiger partial charge in [-0.05, 0) is 0 Å². The Hall–Kier alpha value is -0.650. The number of hydrogen-bond acceptors (Lipinski definition) is 4. The van der Waals surface area contributed by atoms with E-state index < -0.39 is 0 Å². The van der Waals surface area contributed by atoms with Gasteiger partial charge in [-0.15, -0.1) is 0 Å². The van der Waals surface area contributed by atoms with Gasteiger partial charge in [0.2, 0.25) is 5.91 Å². The zero-order chi connectivity index (χ0) is 9.52. The van der Waals surface area contributed by atoms with Crippen LogP contribution >= 0.6 is 0 Å². The molecule has 0 bridgehead atoms. The van der Waals surface area contributed by atoms with Crippen LogP contribution in [-0.4, -0.2) is 52.0 Å². The summed E-state index contributed by atoms with van der Waals surface area (Å²) in [5.74, 6) is -0.0169. The standard InChI is InChI=1S/C8H16N2O3/c1-12-4-2-10-8(11)7-6-13-5-3-9-7/h7,9H,2-6H2,1H3,(H,10,11). The van der Waals surface area contributed by atoms with Gasteiger partial charge < -0.3 is 20.1 Å².